The SMILES string of the molecule is CC(NS(=O)(=O)c1ccccc1C(F)(F)F)C(=O)NC1CCNCC1.Cl. The number of hydrogen-bond acceptors (Lipinski definition) is 4. The minimum absolute atomic E-state index is 0. The maximum atomic E-state index is 13.0. The van der Waals surface area contributed by atoms with Crippen molar-refractivity contribution in [2.75, 3.05) is 13.1 Å². The zero-order chi connectivity index (χ0) is 18.7. The van der Waals surface area contributed by atoms with E-state index in [0.29, 0.717) is 18.9 Å². The second kappa shape index (κ2) is 9.03. The minimum Gasteiger partial charge on any atom is -0.352 e. The van der Waals surface area contributed by atoms with E-state index in [-0.39, 0.29) is 18.4 Å². The smallest absolute Gasteiger partial charge is 0.352 e. The molecule has 1 atom stereocenters. The number of carbonyl (C=O) groups is 1. The second-order valence-corrected chi connectivity index (χ2v) is 7.55. The molecule has 11 heteroatoms. The highest BCUT2D eigenvalue weighted by Crippen LogP contribution is 2.33. The third kappa shape index (κ3) is 5.83. The van der Waals surface area contributed by atoms with Crippen molar-refractivity contribution in [3.05, 3.63) is 29.8 Å². The van der Waals surface area contributed by atoms with Gasteiger partial charge >= 0.3 is 6.18 Å². The van der Waals surface area contributed by atoms with Gasteiger partial charge in [0.2, 0.25) is 15.9 Å². The maximum absolute atomic E-state index is 13.0. The highest BCUT2D eigenvalue weighted by atomic mass is 35.5. The van der Waals surface area contributed by atoms with Crippen LogP contribution < -0.4 is 15.4 Å². The summed E-state index contributed by atoms with van der Waals surface area (Å²) in [6, 6.07) is 2.58. The summed E-state index contributed by atoms with van der Waals surface area (Å²) in [4.78, 5) is 11.2. The lowest BCUT2D eigenvalue weighted by Crippen LogP contribution is -2.50. The average Bonchev–Trinajstić information content (AvgIpc) is 2.54. The minimum atomic E-state index is -4.81. The molecule has 1 aliphatic rings. The van der Waals surface area contributed by atoms with E-state index < -0.39 is 38.6 Å². The van der Waals surface area contributed by atoms with Crippen LogP contribution in [0.25, 0.3) is 0 Å². The van der Waals surface area contributed by atoms with Crippen LogP contribution in [0, 0.1) is 0 Å². The molecule has 1 amide bonds. The molecule has 1 aromatic rings. The van der Waals surface area contributed by atoms with Gasteiger partial charge in [-0.2, -0.15) is 17.9 Å². The van der Waals surface area contributed by atoms with Gasteiger partial charge in [-0.15, -0.1) is 12.4 Å². The van der Waals surface area contributed by atoms with E-state index in [2.05, 4.69) is 10.6 Å². The molecule has 1 saturated heterocycles. The van der Waals surface area contributed by atoms with Crippen LogP contribution in [-0.2, 0) is 21.0 Å². The van der Waals surface area contributed by atoms with E-state index in [0.717, 1.165) is 25.2 Å². The van der Waals surface area contributed by atoms with Crippen LogP contribution in [0.15, 0.2) is 29.2 Å². The summed E-state index contributed by atoms with van der Waals surface area (Å²) in [5.41, 5.74) is -1.27. The Hall–Kier alpha value is -1.36. The van der Waals surface area contributed by atoms with Crippen LogP contribution in [0.5, 0.6) is 0 Å². The van der Waals surface area contributed by atoms with E-state index >= 15 is 0 Å². The predicted octanol–water partition coefficient (Wildman–Crippen LogP) is 1.66. The van der Waals surface area contributed by atoms with E-state index in [4.69, 9.17) is 0 Å². The Morgan fingerprint density at radius 1 is 1.23 bits per heavy atom. The molecule has 0 bridgehead atoms. The lowest BCUT2D eigenvalue weighted by atomic mass is 10.1. The molecule has 1 aliphatic heterocycles. The van der Waals surface area contributed by atoms with Gasteiger partial charge in [0.1, 0.15) is 0 Å². The fraction of sp³-hybridized carbons (Fsp3) is 0.533. The van der Waals surface area contributed by atoms with Crippen molar-refractivity contribution >= 4 is 28.3 Å². The number of benzene rings is 1. The van der Waals surface area contributed by atoms with Crippen LogP contribution >= 0.6 is 12.4 Å². The Balaban J connectivity index is 0.00000338. The van der Waals surface area contributed by atoms with Gasteiger partial charge in [0.05, 0.1) is 16.5 Å². The first-order chi connectivity index (χ1) is 11.6. The molecular formula is C15H21ClF3N3O3S. The molecule has 0 saturated carbocycles. The number of nitrogens with one attached hydrogen (secondary N) is 3. The standard InChI is InChI=1S/C15H20F3N3O3S.ClH/c1-10(14(22)20-11-6-8-19-9-7-11)21-25(23,24)13-5-3-2-4-12(13)15(16,17)18;/h2-5,10-11,19,21H,6-9H2,1H3,(H,20,22);1H. The molecule has 0 aromatic heterocycles. The van der Waals surface area contributed by atoms with Gasteiger partial charge in [-0.3, -0.25) is 4.79 Å². The first kappa shape index (κ1) is 22.7. The molecule has 0 radical (unpaired) electrons. The zero-order valence-corrected chi connectivity index (χ0v) is 15.6. The van der Waals surface area contributed by atoms with Crippen LogP contribution in [-0.4, -0.2) is 39.5 Å². The number of alkyl halides is 3. The lowest BCUT2D eigenvalue weighted by Gasteiger charge is -2.25. The van der Waals surface area contributed by atoms with Gasteiger partial charge in [0.25, 0.3) is 0 Å². The predicted molar refractivity (Wildman–Crippen MR) is 92.5 cm³/mol. The molecule has 3 N–H and O–H groups in total. The van der Waals surface area contributed by atoms with Crippen molar-refractivity contribution in [1.82, 2.24) is 15.4 Å². The topological polar surface area (TPSA) is 87.3 Å². The quantitative estimate of drug-likeness (QED) is 0.682. The number of amides is 1. The Morgan fingerprint density at radius 3 is 2.38 bits per heavy atom. The van der Waals surface area contributed by atoms with Crippen molar-refractivity contribution in [2.24, 2.45) is 0 Å². The molecule has 1 unspecified atom stereocenters. The van der Waals surface area contributed by atoms with Crippen molar-refractivity contribution in [1.29, 1.82) is 0 Å². The van der Waals surface area contributed by atoms with Gasteiger partial charge in [0.15, 0.2) is 0 Å². The maximum Gasteiger partial charge on any atom is 0.417 e. The summed E-state index contributed by atoms with van der Waals surface area (Å²) in [6.45, 7) is 2.78. The molecule has 148 valence electrons. The first-order valence-corrected chi connectivity index (χ1v) is 9.29. The number of sulfonamides is 1. The summed E-state index contributed by atoms with van der Waals surface area (Å²) in [6.07, 6.45) is -3.39. The van der Waals surface area contributed by atoms with Crippen molar-refractivity contribution in [3.63, 3.8) is 0 Å². The number of halogens is 4. The van der Waals surface area contributed by atoms with Gasteiger partial charge in [-0.1, -0.05) is 12.1 Å². The summed E-state index contributed by atoms with van der Waals surface area (Å²) in [5.74, 6) is -0.569. The highest BCUT2D eigenvalue weighted by Gasteiger charge is 2.37. The van der Waals surface area contributed by atoms with Crippen molar-refractivity contribution in [2.45, 2.75) is 42.9 Å². The van der Waals surface area contributed by atoms with E-state index in [1.54, 1.807) is 0 Å². The van der Waals surface area contributed by atoms with Gasteiger partial charge in [0, 0.05) is 6.04 Å². The van der Waals surface area contributed by atoms with Crippen LogP contribution in [0.3, 0.4) is 0 Å². The van der Waals surface area contributed by atoms with Crippen LogP contribution in [0.1, 0.15) is 25.3 Å². The second-order valence-electron chi connectivity index (χ2n) is 5.87. The summed E-state index contributed by atoms with van der Waals surface area (Å²) in [7, 11) is -4.50. The third-order valence-electron chi connectivity index (χ3n) is 3.89. The van der Waals surface area contributed by atoms with Crippen molar-refractivity contribution in [3.8, 4) is 0 Å². The summed E-state index contributed by atoms with van der Waals surface area (Å²) in [5, 5.41) is 5.84. The fourth-order valence-electron chi connectivity index (χ4n) is 2.58. The van der Waals surface area contributed by atoms with Crippen molar-refractivity contribution < 1.29 is 26.4 Å². The monoisotopic (exact) mass is 415 g/mol. The molecule has 1 heterocycles. The highest BCUT2D eigenvalue weighted by molar-refractivity contribution is 7.89. The zero-order valence-electron chi connectivity index (χ0n) is 14.0. The molecule has 26 heavy (non-hydrogen) atoms. The molecule has 1 fully saturated rings. The van der Waals surface area contributed by atoms with Gasteiger partial charge in [-0.25, -0.2) is 8.42 Å². The van der Waals surface area contributed by atoms with E-state index in [1.807, 2.05) is 4.72 Å². The number of carbonyl (C=O) groups excluding carboxylic acids is 1. The van der Waals surface area contributed by atoms with E-state index in [1.165, 1.54) is 13.0 Å². The Kier molecular flexibility index (Phi) is 7.87. The summed E-state index contributed by atoms with van der Waals surface area (Å²) < 4.78 is 65.6. The summed E-state index contributed by atoms with van der Waals surface area (Å²) >= 11 is 0. The van der Waals surface area contributed by atoms with Gasteiger partial charge in [-0.05, 0) is 45.0 Å². The van der Waals surface area contributed by atoms with Gasteiger partial charge < -0.3 is 10.6 Å². The van der Waals surface area contributed by atoms with E-state index in [9.17, 15) is 26.4 Å². The largest absolute Gasteiger partial charge is 0.417 e. The van der Waals surface area contributed by atoms with Crippen LogP contribution in [0.2, 0.25) is 0 Å². The normalized spacial score (nSPS) is 17.2. The molecule has 0 spiro atoms. The lowest BCUT2D eigenvalue weighted by molar-refractivity contribution is -0.139. The third-order valence-corrected chi connectivity index (χ3v) is 5.49. The Morgan fingerprint density at radius 2 is 1.81 bits per heavy atom. The van der Waals surface area contributed by atoms with Crippen LogP contribution in [0.4, 0.5) is 13.2 Å². The number of hydrogen-bond donors (Lipinski definition) is 3. The fourth-order valence-corrected chi connectivity index (χ4v) is 4.01. The molecular weight excluding hydrogens is 395 g/mol. The number of piperidine rings is 1. The molecule has 0 aliphatic carbocycles. The molecule has 2 rings (SSSR count). The molecule has 1 aromatic carbocycles. The Labute approximate surface area is 156 Å². The molecule has 6 nitrogen and oxygen atoms in total. The average molecular weight is 416 g/mol. The Bertz CT molecular complexity index is 722. The first-order valence-electron chi connectivity index (χ1n) is 7.81. The number of rotatable bonds is 5.